The predicted octanol–water partition coefficient (Wildman–Crippen LogP) is 4.24. The Bertz CT molecular complexity index is 863. The van der Waals surface area contributed by atoms with Crippen molar-refractivity contribution in [3.8, 4) is 0 Å². The highest BCUT2D eigenvalue weighted by Crippen LogP contribution is 2.26. The minimum absolute atomic E-state index is 0.0449. The molecule has 1 aromatic heterocycles. The van der Waals surface area contributed by atoms with Crippen molar-refractivity contribution >= 4 is 43.8 Å². The number of aryl methyl sites for hydroxylation is 1. The van der Waals surface area contributed by atoms with Crippen LogP contribution in [0.4, 0.5) is 5.13 Å². The zero-order valence-corrected chi connectivity index (χ0v) is 17.3. The van der Waals surface area contributed by atoms with Crippen LogP contribution in [-0.4, -0.2) is 30.8 Å². The van der Waals surface area contributed by atoms with Crippen LogP contribution in [0.15, 0.2) is 24.4 Å². The monoisotopic (exact) mass is 414 g/mol. The molecule has 1 amide bonds. The van der Waals surface area contributed by atoms with Crippen molar-refractivity contribution in [1.29, 1.82) is 0 Å². The van der Waals surface area contributed by atoms with Crippen molar-refractivity contribution in [2.75, 3.05) is 16.8 Å². The number of carbonyl (C=O) groups excluding carboxylic acids is 1. The Hall–Kier alpha value is -1.44. The van der Waals surface area contributed by atoms with E-state index in [-0.39, 0.29) is 5.75 Å². The van der Waals surface area contributed by atoms with E-state index in [2.05, 4.69) is 10.3 Å². The number of carbonyl (C=O) groups is 1. The van der Waals surface area contributed by atoms with Gasteiger partial charge in [0, 0.05) is 22.5 Å². The summed E-state index contributed by atoms with van der Waals surface area (Å²) in [5.74, 6) is -1.01. The molecule has 0 atom stereocenters. The molecule has 2 rings (SSSR count). The maximum Gasteiger partial charge on any atom is 0.241 e. The van der Waals surface area contributed by atoms with Crippen LogP contribution in [0.1, 0.15) is 42.2 Å². The first-order valence-electron chi connectivity index (χ1n) is 8.49. The average molecular weight is 415 g/mol. The van der Waals surface area contributed by atoms with Crippen LogP contribution in [0.2, 0.25) is 5.02 Å². The number of nitrogens with zero attached hydrogens (tertiary/aromatic N) is 1. The maximum atomic E-state index is 12.0. The molecule has 2 aromatic rings. The Morgan fingerprint density at radius 2 is 2.08 bits per heavy atom. The first-order chi connectivity index (χ1) is 12.3. The van der Waals surface area contributed by atoms with Gasteiger partial charge in [-0.25, -0.2) is 13.4 Å². The third-order valence-electron chi connectivity index (χ3n) is 3.85. The van der Waals surface area contributed by atoms with Crippen molar-refractivity contribution in [3.63, 3.8) is 0 Å². The molecule has 0 unspecified atom stereocenters. The number of hydrogen-bond acceptors (Lipinski definition) is 5. The summed E-state index contributed by atoms with van der Waals surface area (Å²) in [5.41, 5.74) is 2.00. The lowest BCUT2D eigenvalue weighted by Gasteiger charge is -2.05. The highest BCUT2D eigenvalue weighted by molar-refractivity contribution is 7.92. The number of benzene rings is 1. The predicted molar refractivity (Wildman–Crippen MR) is 108 cm³/mol. The van der Waals surface area contributed by atoms with Crippen molar-refractivity contribution in [3.05, 3.63) is 45.4 Å². The number of aromatic nitrogens is 1. The molecule has 0 fully saturated rings. The molecule has 5 nitrogen and oxygen atoms in total. The van der Waals surface area contributed by atoms with Gasteiger partial charge in [-0.1, -0.05) is 49.6 Å². The van der Waals surface area contributed by atoms with Crippen LogP contribution in [0.3, 0.4) is 0 Å². The Balaban J connectivity index is 1.93. The van der Waals surface area contributed by atoms with E-state index in [9.17, 15) is 13.2 Å². The van der Waals surface area contributed by atoms with E-state index in [0.29, 0.717) is 18.0 Å². The largest absolute Gasteiger partial charge is 0.301 e. The molecule has 1 heterocycles. The third kappa shape index (κ3) is 6.37. The minimum Gasteiger partial charge on any atom is -0.301 e. The highest BCUT2D eigenvalue weighted by atomic mass is 35.5. The van der Waals surface area contributed by atoms with Crippen LogP contribution in [0.5, 0.6) is 0 Å². The van der Waals surface area contributed by atoms with Gasteiger partial charge in [-0.05, 0) is 24.5 Å². The van der Waals surface area contributed by atoms with Crippen LogP contribution >= 0.6 is 22.9 Å². The van der Waals surface area contributed by atoms with E-state index < -0.39 is 21.5 Å². The molecule has 0 aliphatic carbocycles. The quantitative estimate of drug-likeness (QED) is 0.622. The lowest BCUT2D eigenvalue weighted by molar-refractivity contribution is -0.113. The summed E-state index contributed by atoms with van der Waals surface area (Å²) in [4.78, 5) is 17.1. The fraction of sp³-hybridized carbons (Fsp3) is 0.444. The van der Waals surface area contributed by atoms with Gasteiger partial charge in [-0.3, -0.25) is 4.79 Å². The van der Waals surface area contributed by atoms with Gasteiger partial charge in [0.25, 0.3) is 0 Å². The van der Waals surface area contributed by atoms with Gasteiger partial charge >= 0.3 is 0 Å². The van der Waals surface area contributed by atoms with E-state index in [1.54, 1.807) is 6.20 Å². The topological polar surface area (TPSA) is 76.1 Å². The van der Waals surface area contributed by atoms with Crippen LogP contribution in [-0.2, 0) is 21.1 Å². The molecule has 0 bridgehead atoms. The second-order valence-electron chi connectivity index (χ2n) is 6.20. The van der Waals surface area contributed by atoms with E-state index in [0.717, 1.165) is 33.9 Å². The summed E-state index contributed by atoms with van der Waals surface area (Å²) in [5, 5.41) is 3.70. The van der Waals surface area contributed by atoms with Crippen molar-refractivity contribution < 1.29 is 13.2 Å². The third-order valence-corrected chi connectivity index (χ3v) is 6.91. The molecule has 0 saturated heterocycles. The number of anilines is 1. The number of sulfone groups is 1. The molecule has 8 heteroatoms. The number of halogens is 1. The Kier molecular flexibility index (Phi) is 7.61. The van der Waals surface area contributed by atoms with Gasteiger partial charge in [-0.2, -0.15) is 0 Å². The van der Waals surface area contributed by atoms with Crippen LogP contribution in [0, 0.1) is 6.92 Å². The summed E-state index contributed by atoms with van der Waals surface area (Å²) in [6.07, 6.45) is 4.66. The molecule has 0 aliphatic rings. The van der Waals surface area contributed by atoms with Gasteiger partial charge in [0.2, 0.25) is 5.91 Å². The average Bonchev–Trinajstić information content (AvgIpc) is 2.98. The van der Waals surface area contributed by atoms with Crippen LogP contribution in [0.25, 0.3) is 0 Å². The van der Waals surface area contributed by atoms with Gasteiger partial charge < -0.3 is 5.32 Å². The number of amides is 1. The molecule has 0 saturated carbocycles. The first kappa shape index (κ1) is 20.9. The molecule has 0 radical (unpaired) electrons. The number of rotatable bonds is 9. The molecular weight excluding hydrogens is 392 g/mol. The van der Waals surface area contributed by atoms with E-state index >= 15 is 0 Å². The molecule has 0 aliphatic heterocycles. The molecule has 0 spiro atoms. The molecule has 26 heavy (non-hydrogen) atoms. The summed E-state index contributed by atoms with van der Waals surface area (Å²) < 4.78 is 23.9. The molecule has 1 N–H and O–H groups in total. The van der Waals surface area contributed by atoms with Gasteiger partial charge in [-0.15, -0.1) is 11.3 Å². The van der Waals surface area contributed by atoms with Crippen molar-refractivity contribution in [2.45, 2.75) is 39.5 Å². The second kappa shape index (κ2) is 9.48. The zero-order chi connectivity index (χ0) is 19.2. The van der Waals surface area contributed by atoms with E-state index in [1.807, 2.05) is 32.0 Å². The number of thiazole rings is 1. The normalized spacial score (nSPS) is 11.5. The van der Waals surface area contributed by atoms with E-state index in [4.69, 9.17) is 11.6 Å². The smallest absolute Gasteiger partial charge is 0.241 e. The Morgan fingerprint density at radius 1 is 1.31 bits per heavy atom. The molecule has 1 aromatic carbocycles. The minimum atomic E-state index is -3.38. The van der Waals surface area contributed by atoms with Gasteiger partial charge in [0.05, 0.1) is 5.75 Å². The second-order valence-corrected chi connectivity index (χ2v) is 9.88. The lowest BCUT2D eigenvalue weighted by Crippen LogP contribution is -2.24. The molecular formula is C18H23ClN2O3S2. The number of nitrogens with one attached hydrogen (secondary N) is 1. The fourth-order valence-corrected chi connectivity index (χ4v) is 4.78. The Morgan fingerprint density at radius 3 is 2.81 bits per heavy atom. The number of unbranched alkanes of at least 4 members (excludes halogenated alkanes) is 2. The number of hydrogen-bond donors (Lipinski definition) is 1. The zero-order valence-electron chi connectivity index (χ0n) is 14.9. The Labute approximate surface area is 163 Å². The fourth-order valence-electron chi connectivity index (χ4n) is 2.48. The van der Waals surface area contributed by atoms with Gasteiger partial charge in [0.1, 0.15) is 5.75 Å². The lowest BCUT2D eigenvalue weighted by atomic mass is 10.1. The SMILES string of the molecule is CCCCCS(=O)(=O)CC(=O)Nc1ncc(Cc2cccc(C)c2Cl)s1. The summed E-state index contributed by atoms with van der Waals surface area (Å²) in [6.45, 7) is 3.95. The summed E-state index contributed by atoms with van der Waals surface area (Å²) in [7, 11) is -3.38. The first-order valence-corrected chi connectivity index (χ1v) is 11.5. The van der Waals surface area contributed by atoms with Crippen molar-refractivity contribution in [2.24, 2.45) is 0 Å². The summed E-state index contributed by atoms with van der Waals surface area (Å²) >= 11 is 7.63. The van der Waals surface area contributed by atoms with Gasteiger partial charge in [0.15, 0.2) is 15.0 Å². The maximum absolute atomic E-state index is 12.0. The van der Waals surface area contributed by atoms with E-state index in [1.165, 1.54) is 11.3 Å². The highest BCUT2D eigenvalue weighted by Gasteiger charge is 2.17. The summed E-state index contributed by atoms with van der Waals surface area (Å²) in [6, 6.07) is 5.85. The molecule has 142 valence electrons. The van der Waals surface area contributed by atoms with Crippen LogP contribution < -0.4 is 5.32 Å². The van der Waals surface area contributed by atoms with Crippen molar-refractivity contribution in [1.82, 2.24) is 4.98 Å². The standard InChI is InChI=1S/C18H23ClN2O3S2/c1-3-4-5-9-26(23,24)12-16(22)21-18-20-11-15(25-18)10-14-8-6-7-13(2)17(14)19/h6-8,11H,3-5,9-10,12H2,1-2H3,(H,20,21,22).